The minimum atomic E-state index is -0.937. The van der Waals surface area contributed by atoms with E-state index in [1.807, 2.05) is 35.0 Å². The molecule has 0 fully saturated rings. The Balaban J connectivity index is 1.83. The van der Waals surface area contributed by atoms with Gasteiger partial charge in [-0.05, 0) is 22.9 Å². The molecule has 0 saturated heterocycles. The van der Waals surface area contributed by atoms with Gasteiger partial charge in [0.15, 0.2) is 6.23 Å². The molecule has 20 heavy (non-hydrogen) atoms. The number of aliphatic hydroxyl groups excluding tert-OH is 1. The van der Waals surface area contributed by atoms with Crippen molar-refractivity contribution in [1.29, 1.82) is 0 Å². The molecule has 0 bridgehead atoms. The second kappa shape index (κ2) is 4.37. The Morgan fingerprint density at radius 1 is 1.20 bits per heavy atom. The van der Waals surface area contributed by atoms with Gasteiger partial charge in [0, 0.05) is 10.5 Å². The lowest BCUT2D eigenvalue weighted by Gasteiger charge is -2.14. The van der Waals surface area contributed by atoms with Crippen LogP contribution < -0.4 is 5.32 Å². The van der Waals surface area contributed by atoms with Crippen molar-refractivity contribution in [2.75, 3.05) is 0 Å². The van der Waals surface area contributed by atoms with E-state index in [4.69, 9.17) is 0 Å². The number of thiophene rings is 2. The second-order valence-electron chi connectivity index (χ2n) is 4.58. The molecule has 2 aromatic heterocycles. The molecular formula is C14H10N2O2S2. The van der Waals surface area contributed by atoms with Gasteiger partial charge in [-0.2, -0.15) is 0 Å². The molecule has 4 heterocycles. The summed E-state index contributed by atoms with van der Waals surface area (Å²) in [6, 6.07) is 7.47. The third kappa shape index (κ3) is 1.62. The van der Waals surface area contributed by atoms with E-state index < -0.39 is 6.23 Å². The predicted octanol–water partition coefficient (Wildman–Crippen LogP) is 2.10. The Bertz CT molecular complexity index is 729. The molecule has 4 rings (SSSR count). The van der Waals surface area contributed by atoms with Gasteiger partial charge >= 0.3 is 0 Å². The first-order valence-corrected chi connectivity index (χ1v) is 7.90. The van der Waals surface area contributed by atoms with Crippen molar-refractivity contribution >= 4 is 34.3 Å². The van der Waals surface area contributed by atoms with E-state index in [-0.39, 0.29) is 11.9 Å². The molecule has 4 nitrogen and oxygen atoms in total. The number of rotatable bonds is 2. The van der Waals surface area contributed by atoms with Crippen molar-refractivity contribution < 1.29 is 9.90 Å². The molecule has 0 radical (unpaired) electrons. The minimum Gasteiger partial charge on any atom is -0.368 e. The van der Waals surface area contributed by atoms with Gasteiger partial charge in [0.05, 0.1) is 22.2 Å². The summed E-state index contributed by atoms with van der Waals surface area (Å²) in [7, 11) is 0. The number of carbonyl (C=O) groups is 1. The smallest absolute Gasteiger partial charge is 0.254 e. The monoisotopic (exact) mass is 302 g/mol. The molecule has 2 aliphatic rings. The normalized spacial score (nSPS) is 24.9. The Kier molecular flexibility index (Phi) is 2.63. The molecule has 0 spiro atoms. The quantitative estimate of drug-likeness (QED) is 0.892. The van der Waals surface area contributed by atoms with Gasteiger partial charge < -0.3 is 10.4 Å². The molecule has 0 aromatic carbocycles. The summed E-state index contributed by atoms with van der Waals surface area (Å²) in [6.45, 7) is 0. The fourth-order valence-electron chi connectivity index (χ4n) is 2.62. The summed E-state index contributed by atoms with van der Waals surface area (Å²) in [5.41, 5.74) is 1.83. The van der Waals surface area contributed by atoms with E-state index in [2.05, 4.69) is 10.3 Å². The lowest BCUT2D eigenvalue weighted by molar-refractivity contribution is -0.116. The third-order valence-electron chi connectivity index (χ3n) is 3.45. The highest BCUT2D eigenvalue weighted by Gasteiger charge is 2.43. The van der Waals surface area contributed by atoms with Crippen LogP contribution in [-0.2, 0) is 4.79 Å². The fraction of sp³-hybridized carbons (Fsp3) is 0.143. The maximum absolute atomic E-state index is 12.3. The van der Waals surface area contributed by atoms with Crippen LogP contribution in [-0.4, -0.2) is 23.0 Å². The van der Waals surface area contributed by atoms with Crippen molar-refractivity contribution in [3.05, 3.63) is 55.9 Å². The van der Waals surface area contributed by atoms with Crippen molar-refractivity contribution in [1.82, 2.24) is 5.32 Å². The first kappa shape index (κ1) is 12.0. The number of hydrogen-bond donors (Lipinski definition) is 2. The zero-order valence-corrected chi connectivity index (χ0v) is 11.9. The molecule has 2 aliphatic heterocycles. The first-order valence-electron chi connectivity index (χ1n) is 6.14. The lowest BCUT2D eigenvalue weighted by atomic mass is 10.0. The fourth-order valence-corrected chi connectivity index (χ4v) is 4.14. The molecule has 2 aromatic rings. The van der Waals surface area contributed by atoms with Crippen molar-refractivity contribution in [3.8, 4) is 0 Å². The standard InChI is InChI=1S/C14H10N2O2S2/c17-13-9-10(12(16-13)8-4-2-6-20-8)14(18)15-11(9)7-3-1-5-19-7/h1-6,11,13,17H,(H,15,18). The van der Waals surface area contributed by atoms with E-state index in [0.29, 0.717) is 16.9 Å². The van der Waals surface area contributed by atoms with Crippen molar-refractivity contribution in [2.24, 2.45) is 4.99 Å². The lowest BCUT2D eigenvalue weighted by Crippen LogP contribution is -2.26. The molecule has 2 N–H and O–H groups in total. The average Bonchev–Trinajstić information content (AvgIpc) is 3.17. The average molecular weight is 302 g/mol. The summed E-state index contributed by atoms with van der Waals surface area (Å²) in [6.07, 6.45) is -0.937. The van der Waals surface area contributed by atoms with Gasteiger partial charge in [-0.15, -0.1) is 22.7 Å². The summed E-state index contributed by atoms with van der Waals surface area (Å²) in [4.78, 5) is 18.5. The molecule has 0 aliphatic carbocycles. The molecule has 2 atom stereocenters. The van der Waals surface area contributed by atoms with E-state index in [9.17, 15) is 9.90 Å². The van der Waals surface area contributed by atoms with Crippen LogP contribution in [0.4, 0.5) is 0 Å². The van der Waals surface area contributed by atoms with Crippen molar-refractivity contribution in [3.63, 3.8) is 0 Å². The number of aliphatic hydroxyl groups is 1. The maximum Gasteiger partial charge on any atom is 0.254 e. The predicted molar refractivity (Wildman–Crippen MR) is 79.1 cm³/mol. The third-order valence-corrected chi connectivity index (χ3v) is 5.26. The second-order valence-corrected chi connectivity index (χ2v) is 6.51. The topological polar surface area (TPSA) is 61.7 Å². The van der Waals surface area contributed by atoms with Gasteiger partial charge in [-0.3, -0.25) is 4.79 Å². The number of carbonyl (C=O) groups excluding carboxylic acids is 1. The minimum absolute atomic E-state index is 0.151. The zero-order chi connectivity index (χ0) is 13.7. The van der Waals surface area contributed by atoms with Crippen LogP contribution >= 0.6 is 22.7 Å². The summed E-state index contributed by atoms with van der Waals surface area (Å²) >= 11 is 3.08. The number of nitrogens with zero attached hydrogens (tertiary/aromatic N) is 1. The summed E-state index contributed by atoms with van der Waals surface area (Å²) < 4.78 is 0. The van der Waals surface area contributed by atoms with Gasteiger partial charge in [0.1, 0.15) is 0 Å². The van der Waals surface area contributed by atoms with Crippen LogP contribution in [0.5, 0.6) is 0 Å². The Morgan fingerprint density at radius 2 is 2.00 bits per heavy atom. The van der Waals surface area contributed by atoms with Gasteiger partial charge in [0.25, 0.3) is 5.91 Å². The number of hydrogen-bond acceptors (Lipinski definition) is 5. The Morgan fingerprint density at radius 3 is 2.70 bits per heavy atom. The molecule has 6 heteroatoms. The van der Waals surface area contributed by atoms with Gasteiger partial charge in [-0.25, -0.2) is 4.99 Å². The van der Waals surface area contributed by atoms with Crippen LogP contribution in [0.3, 0.4) is 0 Å². The van der Waals surface area contributed by atoms with E-state index >= 15 is 0 Å². The van der Waals surface area contributed by atoms with Gasteiger partial charge in [-0.1, -0.05) is 12.1 Å². The molecule has 1 amide bonds. The first-order chi connectivity index (χ1) is 9.75. The van der Waals surface area contributed by atoms with Crippen molar-refractivity contribution in [2.45, 2.75) is 12.3 Å². The number of nitrogens with one attached hydrogen (secondary N) is 1. The summed E-state index contributed by atoms with van der Waals surface area (Å²) in [5.74, 6) is -0.151. The molecule has 100 valence electrons. The van der Waals surface area contributed by atoms with Crippen LogP contribution in [0.15, 0.2) is 51.2 Å². The largest absolute Gasteiger partial charge is 0.368 e. The Hall–Kier alpha value is -1.76. The molecule has 2 unspecified atom stereocenters. The number of aliphatic imine (C=N–C) groups is 1. The van der Waals surface area contributed by atoms with Crippen LogP contribution in [0.25, 0.3) is 0 Å². The highest BCUT2D eigenvalue weighted by Crippen LogP contribution is 2.40. The van der Waals surface area contributed by atoms with E-state index in [1.54, 1.807) is 11.3 Å². The molecular weight excluding hydrogens is 292 g/mol. The highest BCUT2D eigenvalue weighted by molar-refractivity contribution is 7.12. The van der Waals surface area contributed by atoms with Crippen LogP contribution in [0.1, 0.15) is 15.8 Å². The zero-order valence-electron chi connectivity index (χ0n) is 10.2. The highest BCUT2D eigenvalue weighted by atomic mass is 32.1. The van der Waals surface area contributed by atoms with E-state index in [1.165, 1.54) is 11.3 Å². The number of amides is 1. The van der Waals surface area contributed by atoms with Gasteiger partial charge in [0.2, 0.25) is 0 Å². The SMILES string of the molecule is O=C1NC(c2cccs2)C2=C1C(c1cccs1)=NC2O. The van der Waals surface area contributed by atoms with E-state index in [0.717, 1.165) is 9.75 Å². The van der Waals surface area contributed by atoms with Crippen LogP contribution in [0, 0.1) is 0 Å². The van der Waals surface area contributed by atoms with Crippen LogP contribution in [0.2, 0.25) is 0 Å². The summed E-state index contributed by atoms with van der Waals surface area (Å²) in [5, 5.41) is 17.1. The molecule has 0 saturated carbocycles. The Labute approximate surface area is 123 Å². The maximum atomic E-state index is 12.3.